The smallest absolute Gasteiger partial charge is 0.180 e. The van der Waals surface area contributed by atoms with Gasteiger partial charge in [-0.1, -0.05) is 11.6 Å². The second kappa shape index (κ2) is 2.15. The average Bonchev–Trinajstić information content (AvgIpc) is 1.80. The largest absolute Gasteiger partial charge is 0.506 e. The van der Waals surface area contributed by atoms with Gasteiger partial charge in [-0.2, -0.15) is 0 Å². The summed E-state index contributed by atoms with van der Waals surface area (Å²) < 4.78 is 0. The van der Waals surface area contributed by atoms with Crippen molar-refractivity contribution in [3.63, 3.8) is 0 Å². The van der Waals surface area contributed by atoms with Crippen molar-refractivity contribution in [2.45, 2.75) is 0 Å². The molecule has 0 saturated heterocycles. The zero-order chi connectivity index (χ0) is 6.85. The van der Waals surface area contributed by atoms with Crippen molar-refractivity contribution in [1.29, 1.82) is 0 Å². The van der Waals surface area contributed by atoms with E-state index in [0.29, 0.717) is 0 Å². The van der Waals surface area contributed by atoms with Gasteiger partial charge in [0, 0.05) is 6.07 Å². The average molecular weight is 144 g/mol. The van der Waals surface area contributed by atoms with Crippen LogP contribution in [0.2, 0.25) is 5.02 Å². The molecule has 2 nitrogen and oxygen atoms in total. The lowest BCUT2D eigenvalue weighted by Gasteiger charge is -1.92. The summed E-state index contributed by atoms with van der Waals surface area (Å²) in [5, 5.41) is 19.3. The van der Waals surface area contributed by atoms with E-state index in [-0.39, 0.29) is 16.5 Å². The highest BCUT2D eigenvalue weighted by Crippen LogP contribution is 2.26. The van der Waals surface area contributed by atoms with Crippen molar-refractivity contribution in [1.82, 2.24) is 0 Å². The van der Waals surface area contributed by atoms with E-state index in [0.717, 1.165) is 6.07 Å². The Bertz CT molecular complexity index is 222. The van der Waals surface area contributed by atoms with E-state index in [9.17, 15) is 5.11 Å². The van der Waals surface area contributed by atoms with Crippen LogP contribution in [-0.2, 0) is 5.11 Å². The number of benzene rings is 1. The molecule has 0 unspecified atom stereocenters. The third kappa shape index (κ3) is 1.27. The van der Waals surface area contributed by atoms with E-state index >= 15 is 0 Å². The number of rotatable bonds is 0. The first-order valence-electron chi connectivity index (χ1n) is 2.35. The molecule has 0 heterocycles. The van der Waals surface area contributed by atoms with Crippen molar-refractivity contribution in [2.75, 3.05) is 0 Å². The molecule has 0 aromatic heterocycles. The third-order valence-corrected chi connectivity index (χ3v) is 1.22. The Morgan fingerprint density at radius 2 is 2.11 bits per heavy atom. The van der Waals surface area contributed by atoms with Gasteiger partial charge in [0.15, 0.2) is 5.75 Å². The lowest BCUT2D eigenvalue weighted by molar-refractivity contribution is 0.353. The summed E-state index contributed by atoms with van der Waals surface area (Å²) in [7, 11) is 0. The Balaban J connectivity index is 3.17. The molecule has 1 radical (unpaired) electrons. The maximum absolute atomic E-state index is 10.4. The molecule has 0 atom stereocenters. The Hall–Kier alpha value is -0.890. The summed E-state index contributed by atoms with van der Waals surface area (Å²) in [6, 6.07) is 3.68. The third-order valence-electron chi connectivity index (χ3n) is 0.919. The molecule has 1 N–H and O–H groups in total. The molecule has 0 spiro atoms. The summed E-state index contributed by atoms with van der Waals surface area (Å²) in [5.74, 6) is -0.255. The van der Waals surface area contributed by atoms with Crippen LogP contribution in [0.15, 0.2) is 18.2 Å². The fourth-order valence-electron chi connectivity index (χ4n) is 0.488. The molecule has 0 aliphatic rings. The fourth-order valence-corrected chi connectivity index (χ4v) is 0.658. The zero-order valence-corrected chi connectivity index (χ0v) is 5.22. The maximum Gasteiger partial charge on any atom is 0.180 e. The lowest BCUT2D eigenvalue weighted by atomic mass is 10.3. The first kappa shape index (κ1) is 6.23. The van der Waals surface area contributed by atoms with Crippen molar-refractivity contribution in [2.24, 2.45) is 0 Å². The number of phenolic OH excluding ortho intramolecular Hbond substituents is 1. The van der Waals surface area contributed by atoms with Crippen LogP contribution in [0.4, 0.5) is 0 Å². The van der Waals surface area contributed by atoms with Gasteiger partial charge in [0.05, 0.1) is 5.02 Å². The van der Waals surface area contributed by atoms with Crippen LogP contribution < -0.4 is 0 Å². The minimum absolute atomic E-state index is 0.0590. The Morgan fingerprint density at radius 3 is 2.56 bits per heavy atom. The fraction of sp³-hybridized carbons (Fsp3) is 0. The van der Waals surface area contributed by atoms with Crippen molar-refractivity contribution in [3.05, 3.63) is 23.2 Å². The SMILES string of the molecule is [O]c1ccc(O)c(Cl)c1. The minimum atomic E-state index is -0.196. The van der Waals surface area contributed by atoms with Crippen molar-refractivity contribution < 1.29 is 10.2 Å². The van der Waals surface area contributed by atoms with Gasteiger partial charge in [-0.05, 0) is 12.1 Å². The molecule has 0 saturated carbocycles. The molecule has 1 aromatic carbocycles. The molecule has 0 fully saturated rings. The van der Waals surface area contributed by atoms with Crippen LogP contribution in [0.25, 0.3) is 0 Å². The highest BCUT2D eigenvalue weighted by Gasteiger charge is 1.97. The van der Waals surface area contributed by atoms with Gasteiger partial charge in [0.25, 0.3) is 0 Å². The lowest BCUT2D eigenvalue weighted by Crippen LogP contribution is -1.65. The predicted octanol–water partition coefficient (Wildman–Crippen LogP) is 2.19. The number of hydrogen-bond donors (Lipinski definition) is 1. The standard InChI is InChI=1S/C6H4ClO2/c7-5-3-4(8)1-2-6(5)9/h1-3,9H. The molecular formula is C6H4ClO2. The molecular weight excluding hydrogens is 140 g/mol. The highest BCUT2D eigenvalue weighted by atomic mass is 35.5. The molecule has 9 heavy (non-hydrogen) atoms. The molecule has 0 amide bonds. The van der Waals surface area contributed by atoms with Gasteiger partial charge in [-0.15, -0.1) is 0 Å². The Morgan fingerprint density at radius 1 is 1.44 bits per heavy atom. The second-order valence-corrected chi connectivity index (χ2v) is 2.02. The van der Waals surface area contributed by atoms with E-state index in [1.165, 1.54) is 12.1 Å². The molecule has 1 aromatic rings. The van der Waals surface area contributed by atoms with E-state index in [2.05, 4.69) is 0 Å². The number of halogens is 1. The van der Waals surface area contributed by atoms with Crippen LogP contribution >= 0.6 is 11.6 Å². The number of aromatic hydroxyl groups is 1. The van der Waals surface area contributed by atoms with Crippen LogP contribution in [0, 0.1) is 0 Å². The Kier molecular flexibility index (Phi) is 1.49. The van der Waals surface area contributed by atoms with Crippen LogP contribution in [0.3, 0.4) is 0 Å². The molecule has 0 aliphatic carbocycles. The van der Waals surface area contributed by atoms with Gasteiger partial charge >= 0.3 is 0 Å². The van der Waals surface area contributed by atoms with Gasteiger partial charge < -0.3 is 5.11 Å². The van der Waals surface area contributed by atoms with E-state index in [1.54, 1.807) is 0 Å². The minimum Gasteiger partial charge on any atom is -0.506 e. The summed E-state index contributed by atoms with van der Waals surface area (Å²) >= 11 is 5.36. The number of hydrogen-bond acceptors (Lipinski definition) is 1. The summed E-state index contributed by atoms with van der Waals surface area (Å²) in [6.45, 7) is 0. The van der Waals surface area contributed by atoms with E-state index < -0.39 is 0 Å². The first-order valence-corrected chi connectivity index (χ1v) is 2.73. The van der Waals surface area contributed by atoms with Gasteiger partial charge in [0.1, 0.15) is 5.75 Å². The van der Waals surface area contributed by atoms with E-state index in [4.69, 9.17) is 16.7 Å². The van der Waals surface area contributed by atoms with Crippen LogP contribution in [0.5, 0.6) is 11.5 Å². The molecule has 3 heteroatoms. The molecule has 47 valence electrons. The second-order valence-electron chi connectivity index (χ2n) is 1.61. The quantitative estimate of drug-likeness (QED) is 0.594. The molecule has 1 rings (SSSR count). The van der Waals surface area contributed by atoms with Gasteiger partial charge in [-0.25, -0.2) is 0 Å². The molecule has 0 bridgehead atoms. The van der Waals surface area contributed by atoms with Crippen molar-refractivity contribution in [3.8, 4) is 11.5 Å². The normalized spacial score (nSPS) is 9.44. The molecule has 0 aliphatic heterocycles. The summed E-state index contributed by atoms with van der Waals surface area (Å²) in [5.41, 5.74) is 0. The van der Waals surface area contributed by atoms with Crippen LogP contribution in [-0.4, -0.2) is 5.11 Å². The summed E-state index contributed by atoms with van der Waals surface area (Å²) in [6.07, 6.45) is 0. The highest BCUT2D eigenvalue weighted by molar-refractivity contribution is 6.32. The predicted molar refractivity (Wildman–Crippen MR) is 33.2 cm³/mol. The van der Waals surface area contributed by atoms with Gasteiger partial charge in [0.2, 0.25) is 0 Å². The first-order chi connectivity index (χ1) is 4.20. The Labute approximate surface area is 57.3 Å². The zero-order valence-electron chi connectivity index (χ0n) is 4.47. The maximum atomic E-state index is 10.4. The van der Waals surface area contributed by atoms with Crippen LogP contribution in [0.1, 0.15) is 0 Å². The monoisotopic (exact) mass is 143 g/mol. The number of phenols is 1. The topological polar surface area (TPSA) is 40.1 Å². The van der Waals surface area contributed by atoms with Crippen molar-refractivity contribution >= 4 is 11.6 Å². The van der Waals surface area contributed by atoms with Gasteiger partial charge in [-0.3, -0.25) is 5.11 Å². The summed E-state index contributed by atoms with van der Waals surface area (Å²) in [4.78, 5) is 0. The van der Waals surface area contributed by atoms with E-state index in [1.807, 2.05) is 0 Å².